The number of allylic oxidation sites excluding steroid dienone is 4. The molecule has 1 rings (SSSR count). The highest BCUT2D eigenvalue weighted by Gasteiger charge is 2.40. The summed E-state index contributed by atoms with van der Waals surface area (Å²) in [5.41, 5.74) is 0. The van der Waals surface area contributed by atoms with Crippen LogP contribution < -0.4 is 0 Å². The van der Waals surface area contributed by atoms with E-state index in [1.165, 1.54) is 12.2 Å². The van der Waals surface area contributed by atoms with E-state index in [9.17, 15) is 8.78 Å². The number of alkyl halides is 3. The van der Waals surface area contributed by atoms with Gasteiger partial charge in [0.25, 0.3) is 0 Å². The van der Waals surface area contributed by atoms with Crippen LogP contribution in [0.2, 0.25) is 0 Å². The molecule has 0 heterocycles. The molecule has 0 amide bonds. The van der Waals surface area contributed by atoms with Crippen molar-refractivity contribution in [2.75, 3.05) is 0 Å². The molecule has 0 aliphatic heterocycles. The summed E-state index contributed by atoms with van der Waals surface area (Å²) in [6.45, 7) is 0. The molecular formula is C6H3Br3F2. The van der Waals surface area contributed by atoms with E-state index in [0.717, 1.165) is 0 Å². The van der Waals surface area contributed by atoms with Crippen LogP contribution in [0.4, 0.5) is 8.78 Å². The lowest BCUT2D eigenvalue weighted by atomic mass is 10.1. The molecule has 0 aromatic carbocycles. The van der Waals surface area contributed by atoms with Crippen molar-refractivity contribution in [3.63, 3.8) is 0 Å². The van der Waals surface area contributed by atoms with Gasteiger partial charge in [0.05, 0.1) is 9.31 Å². The highest BCUT2D eigenvalue weighted by atomic mass is 79.9. The van der Waals surface area contributed by atoms with Gasteiger partial charge in [-0.2, -0.15) is 0 Å². The fourth-order valence-corrected chi connectivity index (χ4v) is 2.05. The minimum absolute atomic E-state index is 0.116. The van der Waals surface area contributed by atoms with E-state index in [1.807, 2.05) is 0 Å². The van der Waals surface area contributed by atoms with Gasteiger partial charge in [-0.05, 0) is 37.9 Å². The van der Waals surface area contributed by atoms with Crippen molar-refractivity contribution >= 4 is 47.8 Å². The molecule has 0 saturated heterocycles. The van der Waals surface area contributed by atoms with E-state index in [4.69, 9.17) is 0 Å². The summed E-state index contributed by atoms with van der Waals surface area (Å²) in [5, 5.41) is 0. The molecule has 2 atom stereocenters. The van der Waals surface area contributed by atoms with E-state index in [1.54, 1.807) is 0 Å². The molecular weight excluding hydrogens is 350 g/mol. The van der Waals surface area contributed by atoms with Gasteiger partial charge in [-0.15, -0.1) is 0 Å². The summed E-state index contributed by atoms with van der Waals surface area (Å²) in [5.74, 6) is -0.597. The van der Waals surface area contributed by atoms with Gasteiger partial charge in [0.2, 0.25) is 4.58 Å². The molecule has 0 radical (unpaired) electrons. The average Bonchev–Trinajstić information content (AvgIpc) is 1.95. The second-order valence-corrected chi connectivity index (χ2v) is 4.98. The number of hydrogen-bond acceptors (Lipinski definition) is 0. The van der Waals surface area contributed by atoms with Crippen molar-refractivity contribution in [1.82, 2.24) is 0 Å². The molecule has 0 nitrogen and oxygen atoms in total. The maximum atomic E-state index is 13.4. The smallest absolute Gasteiger partial charge is 0.215 e. The average molecular weight is 353 g/mol. The second-order valence-electron chi connectivity index (χ2n) is 2.05. The minimum Gasteiger partial charge on any atom is -0.224 e. The third kappa shape index (κ3) is 1.75. The zero-order valence-corrected chi connectivity index (χ0v) is 9.88. The van der Waals surface area contributed by atoms with Gasteiger partial charge in [0, 0.05) is 0 Å². The summed E-state index contributed by atoms with van der Waals surface area (Å²) >= 11 is 8.61. The van der Waals surface area contributed by atoms with Crippen molar-refractivity contribution in [3.8, 4) is 0 Å². The van der Waals surface area contributed by atoms with Crippen LogP contribution in [0.3, 0.4) is 0 Å². The Labute approximate surface area is 88.1 Å². The first-order chi connectivity index (χ1) is 4.96. The second kappa shape index (κ2) is 3.26. The largest absolute Gasteiger partial charge is 0.224 e. The molecule has 5 heteroatoms. The molecule has 1 aliphatic carbocycles. The van der Waals surface area contributed by atoms with E-state index >= 15 is 0 Å². The SMILES string of the molecule is FC1=C(Br)C(F)(Br)C(Br)C=C1. The topological polar surface area (TPSA) is 0 Å². The van der Waals surface area contributed by atoms with Crippen LogP contribution >= 0.6 is 47.8 Å². The Bertz CT molecular complexity index is 232. The summed E-state index contributed by atoms with van der Waals surface area (Å²) in [6.07, 6.45) is 2.61. The van der Waals surface area contributed by atoms with Crippen molar-refractivity contribution < 1.29 is 8.78 Å². The first-order valence-electron chi connectivity index (χ1n) is 2.72. The number of hydrogen-bond donors (Lipinski definition) is 0. The Kier molecular flexibility index (Phi) is 2.93. The van der Waals surface area contributed by atoms with E-state index < -0.39 is 15.2 Å². The zero-order valence-electron chi connectivity index (χ0n) is 5.12. The lowest BCUT2D eigenvalue weighted by molar-refractivity contribution is 0.364. The van der Waals surface area contributed by atoms with Gasteiger partial charge in [0.1, 0.15) is 5.83 Å². The lowest BCUT2D eigenvalue weighted by Crippen LogP contribution is -2.28. The van der Waals surface area contributed by atoms with E-state index in [0.29, 0.717) is 0 Å². The standard InChI is InChI=1S/C6H3Br3F2/c7-4-2-1-3(10)5(8)6(4,9)11/h1-2,4H. The lowest BCUT2D eigenvalue weighted by Gasteiger charge is -2.24. The highest BCUT2D eigenvalue weighted by Crippen LogP contribution is 2.45. The summed E-state index contributed by atoms with van der Waals surface area (Å²) < 4.78 is 24.1. The molecule has 0 bridgehead atoms. The quantitative estimate of drug-likeness (QED) is 0.579. The third-order valence-corrected chi connectivity index (χ3v) is 5.19. The Morgan fingerprint density at radius 1 is 1.55 bits per heavy atom. The molecule has 62 valence electrons. The van der Waals surface area contributed by atoms with Crippen LogP contribution in [0.1, 0.15) is 0 Å². The monoisotopic (exact) mass is 350 g/mol. The van der Waals surface area contributed by atoms with Crippen LogP contribution in [0, 0.1) is 0 Å². The molecule has 0 aromatic heterocycles. The predicted octanol–water partition coefficient (Wildman–Crippen LogP) is 3.96. The first-order valence-corrected chi connectivity index (χ1v) is 5.22. The van der Waals surface area contributed by atoms with Crippen LogP contribution in [-0.2, 0) is 0 Å². The van der Waals surface area contributed by atoms with Crippen molar-refractivity contribution in [3.05, 3.63) is 22.5 Å². The van der Waals surface area contributed by atoms with Gasteiger partial charge in [-0.25, -0.2) is 8.78 Å². The van der Waals surface area contributed by atoms with Gasteiger partial charge >= 0.3 is 0 Å². The van der Waals surface area contributed by atoms with Crippen LogP contribution in [0.25, 0.3) is 0 Å². The van der Waals surface area contributed by atoms with Gasteiger partial charge in [0.15, 0.2) is 0 Å². The first kappa shape index (κ1) is 9.86. The molecule has 0 aromatic rings. The zero-order chi connectivity index (χ0) is 8.65. The van der Waals surface area contributed by atoms with Crippen molar-refractivity contribution in [2.24, 2.45) is 0 Å². The van der Waals surface area contributed by atoms with Crippen molar-refractivity contribution in [2.45, 2.75) is 9.41 Å². The van der Waals surface area contributed by atoms with Gasteiger partial charge < -0.3 is 0 Å². The summed E-state index contributed by atoms with van der Waals surface area (Å²) in [4.78, 5) is -0.552. The molecule has 0 spiro atoms. The number of rotatable bonds is 0. The molecule has 0 N–H and O–H groups in total. The Morgan fingerprint density at radius 2 is 2.09 bits per heavy atom. The van der Waals surface area contributed by atoms with Gasteiger partial charge in [-0.1, -0.05) is 22.0 Å². The fraction of sp³-hybridized carbons (Fsp3) is 0.333. The van der Waals surface area contributed by atoms with Crippen LogP contribution in [0.5, 0.6) is 0 Å². The third-order valence-electron chi connectivity index (χ3n) is 1.26. The minimum atomic E-state index is -1.87. The predicted molar refractivity (Wildman–Crippen MR) is 51.7 cm³/mol. The molecule has 0 saturated carbocycles. The number of halogens is 5. The van der Waals surface area contributed by atoms with E-state index in [-0.39, 0.29) is 4.48 Å². The Balaban J connectivity index is 3.07. The Hall–Kier alpha value is 0.780. The van der Waals surface area contributed by atoms with Gasteiger partial charge in [-0.3, -0.25) is 0 Å². The molecule has 2 unspecified atom stereocenters. The van der Waals surface area contributed by atoms with Crippen molar-refractivity contribution in [1.29, 1.82) is 0 Å². The molecule has 1 aliphatic rings. The normalized spacial score (nSPS) is 38.1. The summed E-state index contributed by atoms with van der Waals surface area (Å²) in [6, 6.07) is 0. The van der Waals surface area contributed by atoms with Crippen LogP contribution in [-0.4, -0.2) is 9.41 Å². The molecule has 11 heavy (non-hydrogen) atoms. The Morgan fingerprint density at radius 3 is 2.55 bits per heavy atom. The highest BCUT2D eigenvalue weighted by molar-refractivity contribution is 9.15. The van der Waals surface area contributed by atoms with E-state index in [2.05, 4.69) is 47.8 Å². The van der Waals surface area contributed by atoms with Crippen LogP contribution in [0.15, 0.2) is 22.5 Å². The maximum Gasteiger partial charge on any atom is 0.215 e. The maximum absolute atomic E-state index is 13.4. The summed E-state index contributed by atoms with van der Waals surface area (Å²) in [7, 11) is 0. The molecule has 0 fully saturated rings. The fourth-order valence-electron chi connectivity index (χ4n) is 0.643.